The van der Waals surface area contributed by atoms with Gasteiger partial charge in [-0.2, -0.15) is 0 Å². The number of carboxylic acids is 1. The third kappa shape index (κ3) is 24.7. The molecule has 0 atom stereocenters. The molecular formula is C9H20O5Si. The first-order chi connectivity index (χ1) is 7.12. The molecule has 1 aliphatic carbocycles. The molecule has 5 nitrogen and oxygen atoms in total. The van der Waals surface area contributed by atoms with Crippen molar-refractivity contribution in [3.05, 3.63) is 12.7 Å². The Morgan fingerprint density at radius 1 is 1.20 bits per heavy atom. The minimum Gasteiger partial charge on any atom is -0.478 e. The summed E-state index contributed by atoms with van der Waals surface area (Å²) in [6.07, 6.45) is 5.33. The highest BCUT2D eigenvalue weighted by atomic mass is 28.3. The molecular weight excluding hydrogens is 216 g/mol. The third-order valence-electron chi connectivity index (χ3n) is 1.11. The summed E-state index contributed by atoms with van der Waals surface area (Å²) in [5.41, 5.74) is 0. The smallest absolute Gasteiger partial charge is 0.478 e. The van der Waals surface area contributed by atoms with Crippen molar-refractivity contribution in [1.82, 2.24) is 0 Å². The van der Waals surface area contributed by atoms with Crippen molar-refractivity contribution in [3.8, 4) is 0 Å². The van der Waals surface area contributed by atoms with Crippen LogP contribution >= 0.6 is 0 Å². The van der Waals surface area contributed by atoms with Crippen LogP contribution in [0.4, 0.5) is 0 Å². The summed E-state index contributed by atoms with van der Waals surface area (Å²) in [4.78, 5) is 9.25. The van der Waals surface area contributed by atoms with Crippen LogP contribution in [0.25, 0.3) is 0 Å². The maximum atomic E-state index is 9.25. The van der Waals surface area contributed by atoms with Crippen molar-refractivity contribution in [3.63, 3.8) is 0 Å². The lowest BCUT2D eigenvalue weighted by molar-refractivity contribution is -0.131. The van der Waals surface area contributed by atoms with Crippen LogP contribution in [0.3, 0.4) is 0 Å². The van der Waals surface area contributed by atoms with Gasteiger partial charge in [0.2, 0.25) is 0 Å². The monoisotopic (exact) mass is 236 g/mol. The lowest BCUT2D eigenvalue weighted by Crippen LogP contribution is -2.21. The van der Waals surface area contributed by atoms with Gasteiger partial charge in [0, 0.05) is 27.4 Å². The first-order valence-corrected chi connectivity index (χ1v) is 5.97. The van der Waals surface area contributed by atoms with Gasteiger partial charge in [-0.05, 0) is 0 Å². The molecule has 0 amide bonds. The van der Waals surface area contributed by atoms with E-state index in [2.05, 4.69) is 6.58 Å². The summed E-state index contributed by atoms with van der Waals surface area (Å²) >= 11 is 0. The van der Waals surface area contributed by atoms with Crippen molar-refractivity contribution in [2.45, 2.75) is 19.3 Å². The second-order valence-corrected chi connectivity index (χ2v) is 4.59. The lowest BCUT2D eigenvalue weighted by atomic mass is 10.7. The van der Waals surface area contributed by atoms with E-state index in [-0.39, 0.29) is 0 Å². The molecule has 1 aliphatic rings. The zero-order valence-corrected chi connectivity index (χ0v) is 10.7. The molecule has 90 valence electrons. The summed E-state index contributed by atoms with van der Waals surface area (Å²) < 4.78 is 14.2. The standard InChI is InChI=1S/C3H10O3Si.C3H4O2.C3H6/c1-4-7(5-2)6-3;1-2-3(4)5;1-2-3-1/h7H,1-3H3;2H,1H2,(H,4,5);1-3H2. The molecule has 1 N–H and O–H groups in total. The predicted molar refractivity (Wildman–Crippen MR) is 59.9 cm³/mol. The van der Waals surface area contributed by atoms with Crippen LogP contribution in [0.15, 0.2) is 12.7 Å². The number of carbonyl (C=O) groups is 1. The Balaban J connectivity index is 0. The number of aliphatic carboxylic acids is 1. The van der Waals surface area contributed by atoms with Gasteiger partial charge in [-0.15, -0.1) is 0 Å². The van der Waals surface area contributed by atoms with E-state index in [0.717, 1.165) is 6.08 Å². The van der Waals surface area contributed by atoms with Crippen molar-refractivity contribution >= 4 is 15.5 Å². The zero-order chi connectivity index (χ0) is 12.1. The van der Waals surface area contributed by atoms with Gasteiger partial charge >= 0.3 is 15.5 Å². The van der Waals surface area contributed by atoms with Crippen molar-refractivity contribution in [1.29, 1.82) is 0 Å². The van der Waals surface area contributed by atoms with Gasteiger partial charge < -0.3 is 18.4 Å². The molecule has 0 aromatic rings. The van der Waals surface area contributed by atoms with Crippen LogP contribution in [-0.2, 0) is 18.1 Å². The maximum Gasteiger partial charge on any atom is 0.483 e. The Morgan fingerprint density at radius 3 is 1.47 bits per heavy atom. The van der Waals surface area contributed by atoms with E-state index < -0.39 is 15.5 Å². The van der Waals surface area contributed by atoms with Crippen LogP contribution < -0.4 is 0 Å². The van der Waals surface area contributed by atoms with Gasteiger partial charge in [0.05, 0.1) is 0 Å². The molecule has 15 heavy (non-hydrogen) atoms. The molecule has 6 heteroatoms. The highest BCUT2D eigenvalue weighted by molar-refractivity contribution is 6.36. The topological polar surface area (TPSA) is 65.0 Å². The molecule has 1 fully saturated rings. The highest BCUT2D eigenvalue weighted by Gasteiger charge is 2.04. The Kier molecular flexibility index (Phi) is 14.8. The van der Waals surface area contributed by atoms with Crippen LogP contribution in [0, 0.1) is 0 Å². The largest absolute Gasteiger partial charge is 0.483 e. The van der Waals surface area contributed by atoms with Gasteiger partial charge in [-0.3, -0.25) is 0 Å². The minimum absolute atomic E-state index is 0.833. The average molecular weight is 236 g/mol. The Morgan fingerprint density at radius 2 is 1.47 bits per heavy atom. The molecule has 0 saturated heterocycles. The van der Waals surface area contributed by atoms with E-state index in [0.29, 0.717) is 0 Å². The molecule has 0 bridgehead atoms. The molecule has 0 aromatic heterocycles. The molecule has 0 radical (unpaired) electrons. The highest BCUT2D eigenvalue weighted by Crippen LogP contribution is 2.14. The number of hydrogen-bond donors (Lipinski definition) is 1. The van der Waals surface area contributed by atoms with E-state index in [4.69, 9.17) is 18.4 Å². The van der Waals surface area contributed by atoms with E-state index in [9.17, 15) is 4.79 Å². The minimum atomic E-state index is -1.67. The summed E-state index contributed by atoms with van der Waals surface area (Å²) in [7, 11) is 3.05. The van der Waals surface area contributed by atoms with Crippen LogP contribution in [0.2, 0.25) is 0 Å². The Labute approximate surface area is 92.6 Å². The second kappa shape index (κ2) is 13.3. The first kappa shape index (κ1) is 16.7. The molecule has 0 aromatic carbocycles. The Hall–Kier alpha value is -0.693. The quantitative estimate of drug-likeness (QED) is 0.584. The van der Waals surface area contributed by atoms with Crippen LogP contribution in [-0.4, -0.2) is 41.9 Å². The molecule has 0 aliphatic heterocycles. The molecule has 0 spiro atoms. The summed E-state index contributed by atoms with van der Waals surface area (Å²) in [5.74, 6) is -0.981. The molecule has 1 rings (SSSR count). The average Bonchev–Trinajstić information content (AvgIpc) is 3.08. The van der Waals surface area contributed by atoms with Crippen molar-refractivity contribution in [2.75, 3.05) is 21.3 Å². The normalized spacial score (nSPS) is 11.7. The van der Waals surface area contributed by atoms with Crippen molar-refractivity contribution < 1.29 is 23.2 Å². The molecule has 0 unspecified atom stereocenters. The zero-order valence-electron chi connectivity index (χ0n) is 9.56. The summed E-state index contributed by atoms with van der Waals surface area (Å²) in [6.45, 7) is 2.96. The lowest BCUT2D eigenvalue weighted by Gasteiger charge is -2.05. The number of rotatable bonds is 4. The maximum absolute atomic E-state index is 9.25. The predicted octanol–water partition coefficient (Wildman–Crippen LogP) is 1.07. The van der Waals surface area contributed by atoms with Crippen LogP contribution in [0.1, 0.15) is 19.3 Å². The fourth-order valence-corrected chi connectivity index (χ4v) is 0.866. The summed E-state index contributed by atoms with van der Waals surface area (Å²) in [5, 5.41) is 7.60. The van der Waals surface area contributed by atoms with E-state index >= 15 is 0 Å². The SMILES string of the molecule is C1CC1.C=CC(=O)O.CO[SiH](OC)OC. The van der Waals surface area contributed by atoms with Gasteiger partial charge in [-0.25, -0.2) is 4.79 Å². The van der Waals surface area contributed by atoms with Gasteiger partial charge in [-0.1, -0.05) is 25.8 Å². The number of hydrogen-bond acceptors (Lipinski definition) is 4. The summed E-state index contributed by atoms with van der Waals surface area (Å²) in [6, 6.07) is 0. The van der Waals surface area contributed by atoms with Crippen molar-refractivity contribution in [2.24, 2.45) is 0 Å². The van der Waals surface area contributed by atoms with Gasteiger partial charge in [0.25, 0.3) is 0 Å². The van der Waals surface area contributed by atoms with E-state index in [1.807, 2.05) is 0 Å². The molecule has 1 saturated carbocycles. The van der Waals surface area contributed by atoms with Crippen LogP contribution in [0.5, 0.6) is 0 Å². The third-order valence-corrected chi connectivity index (χ3v) is 2.26. The Bertz CT molecular complexity index is 148. The first-order valence-electron chi connectivity index (χ1n) is 4.56. The van der Waals surface area contributed by atoms with Gasteiger partial charge in [0.15, 0.2) is 0 Å². The number of carboxylic acid groups (broad SMARTS) is 1. The van der Waals surface area contributed by atoms with E-state index in [1.54, 1.807) is 21.3 Å². The fourth-order valence-electron chi connectivity index (χ4n) is 0.289. The fraction of sp³-hybridized carbons (Fsp3) is 0.667. The van der Waals surface area contributed by atoms with Gasteiger partial charge in [0.1, 0.15) is 0 Å². The molecule has 0 heterocycles. The second-order valence-electron chi connectivity index (χ2n) is 2.60. The van der Waals surface area contributed by atoms with E-state index in [1.165, 1.54) is 19.3 Å².